The van der Waals surface area contributed by atoms with Crippen molar-refractivity contribution in [2.24, 2.45) is 5.92 Å². The van der Waals surface area contributed by atoms with Gasteiger partial charge in [-0.2, -0.15) is 0 Å². The number of nitrogens with zero attached hydrogens (tertiary/aromatic N) is 1. The Morgan fingerprint density at radius 3 is 2.75 bits per heavy atom. The van der Waals surface area contributed by atoms with Crippen LogP contribution in [0.15, 0.2) is 18.2 Å². The van der Waals surface area contributed by atoms with Crippen LogP contribution >= 0.6 is 0 Å². The Kier molecular flexibility index (Phi) is 4.92. The van der Waals surface area contributed by atoms with Gasteiger partial charge in [0.05, 0.1) is 5.92 Å². The maximum Gasteiger partial charge on any atom is 0.308 e. The number of likely N-dealkylation sites (tertiary alicyclic amines) is 1. The van der Waals surface area contributed by atoms with Gasteiger partial charge in [0.15, 0.2) is 11.5 Å². The maximum atomic E-state index is 12.3. The number of hydrogen-bond acceptors (Lipinski definition) is 4. The average molecular weight is 333 g/mol. The van der Waals surface area contributed by atoms with Gasteiger partial charge in [0.1, 0.15) is 0 Å². The summed E-state index contributed by atoms with van der Waals surface area (Å²) in [5.74, 6) is -0.285. The zero-order valence-electron chi connectivity index (χ0n) is 13.9. The van der Waals surface area contributed by atoms with Gasteiger partial charge in [-0.25, -0.2) is 0 Å². The molecule has 24 heavy (non-hydrogen) atoms. The molecule has 0 radical (unpaired) electrons. The van der Waals surface area contributed by atoms with E-state index >= 15 is 0 Å². The van der Waals surface area contributed by atoms with Gasteiger partial charge < -0.3 is 19.5 Å². The summed E-state index contributed by atoms with van der Waals surface area (Å²) in [4.78, 5) is 25.7. The minimum absolute atomic E-state index is 0.0537. The van der Waals surface area contributed by atoms with Crippen molar-refractivity contribution in [1.29, 1.82) is 0 Å². The van der Waals surface area contributed by atoms with Crippen LogP contribution in [0.1, 0.15) is 44.1 Å². The monoisotopic (exact) mass is 333 g/mol. The molecule has 0 unspecified atom stereocenters. The molecule has 130 valence electrons. The zero-order valence-corrected chi connectivity index (χ0v) is 13.9. The van der Waals surface area contributed by atoms with Crippen molar-refractivity contribution in [2.45, 2.75) is 38.5 Å². The molecule has 6 nitrogen and oxygen atoms in total. The Hall–Kier alpha value is -2.24. The Labute approximate surface area is 141 Å². The molecule has 0 saturated carbocycles. The quantitative estimate of drug-likeness (QED) is 0.810. The molecule has 0 bridgehead atoms. The van der Waals surface area contributed by atoms with Crippen molar-refractivity contribution in [3.63, 3.8) is 0 Å². The highest BCUT2D eigenvalue weighted by Crippen LogP contribution is 2.39. The molecule has 1 fully saturated rings. The Balaban J connectivity index is 1.74. The summed E-state index contributed by atoms with van der Waals surface area (Å²) in [5.41, 5.74) is 0.885. The minimum Gasteiger partial charge on any atom is -0.481 e. The number of amides is 1. The lowest BCUT2D eigenvalue weighted by molar-refractivity contribution is -0.141. The van der Waals surface area contributed by atoms with Gasteiger partial charge in [0, 0.05) is 25.4 Å². The topological polar surface area (TPSA) is 76.1 Å². The van der Waals surface area contributed by atoms with Crippen molar-refractivity contribution in [3.8, 4) is 11.5 Å². The van der Waals surface area contributed by atoms with E-state index in [9.17, 15) is 14.7 Å². The normalized spacial score (nSPS) is 22.0. The van der Waals surface area contributed by atoms with E-state index in [-0.39, 0.29) is 25.2 Å². The van der Waals surface area contributed by atoms with Crippen LogP contribution in [0.3, 0.4) is 0 Å². The predicted octanol–water partition coefficient (Wildman–Crippen LogP) is 2.62. The average Bonchev–Trinajstić information content (AvgIpc) is 3.21. The fourth-order valence-corrected chi connectivity index (χ4v) is 3.42. The molecule has 0 aliphatic carbocycles. The summed E-state index contributed by atoms with van der Waals surface area (Å²) in [7, 11) is 0. The number of rotatable bonds is 6. The summed E-state index contributed by atoms with van der Waals surface area (Å²) in [5, 5.41) is 9.56. The molecular formula is C18H23NO5. The summed E-state index contributed by atoms with van der Waals surface area (Å²) >= 11 is 0. The third-order valence-electron chi connectivity index (χ3n) is 4.81. The Bertz CT molecular complexity index is 630. The molecule has 2 aliphatic rings. The van der Waals surface area contributed by atoms with Crippen LogP contribution in [-0.2, 0) is 9.59 Å². The van der Waals surface area contributed by atoms with Gasteiger partial charge in [-0.15, -0.1) is 0 Å². The lowest BCUT2D eigenvalue weighted by Crippen LogP contribution is -2.29. The predicted molar refractivity (Wildman–Crippen MR) is 87.2 cm³/mol. The second-order valence-corrected chi connectivity index (χ2v) is 6.42. The molecule has 0 aromatic heterocycles. The van der Waals surface area contributed by atoms with Crippen molar-refractivity contribution in [2.75, 3.05) is 19.9 Å². The lowest BCUT2D eigenvalue weighted by Gasteiger charge is -2.16. The van der Waals surface area contributed by atoms with E-state index in [0.717, 1.165) is 24.8 Å². The van der Waals surface area contributed by atoms with Crippen LogP contribution < -0.4 is 9.47 Å². The highest BCUT2D eigenvalue weighted by atomic mass is 16.7. The number of unbranched alkanes of at least 4 members (excludes halogenated alkanes) is 2. The summed E-state index contributed by atoms with van der Waals surface area (Å²) in [6.45, 7) is 3.01. The van der Waals surface area contributed by atoms with E-state index in [1.807, 2.05) is 18.2 Å². The number of carboxylic acid groups (broad SMARTS) is 1. The first-order valence-electron chi connectivity index (χ1n) is 8.50. The van der Waals surface area contributed by atoms with E-state index < -0.39 is 11.9 Å². The number of aliphatic carboxylic acids is 1. The number of carbonyl (C=O) groups excluding carboxylic acids is 1. The SMILES string of the molecule is CCCCCC(=O)N1C[C@H](C(=O)O)[C@@H](c2ccc3c(c2)OCO3)C1. The number of benzene rings is 1. The molecule has 2 aliphatic heterocycles. The van der Waals surface area contributed by atoms with E-state index in [1.54, 1.807) is 4.90 Å². The highest BCUT2D eigenvalue weighted by molar-refractivity contribution is 5.79. The molecule has 1 N–H and O–H groups in total. The highest BCUT2D eigenvalue weighted by Gasteiger charge is 2.40. The smallest absolute Gasteiger partial charge is 0.308 e. The standard InChI is InChI=1S/C18H23NO5/c1-2-3-4-5-17(20)19-9-13(14(10-19)18(21)22)12-6-7-15-16(8-12)24-11-23-15/h6-8,13-14H,2-5,9-11H2,1H3,(H,21,22)/t13-,14+/m1/s1. The molecule has 3 rings (SSSR count). The van der Waals surface area contributed by atoms with Crippen molar-refractivity contribution >= 4 is 11.9 Å². The van der Waals surface area contributed by atoms with Gasteiger partial charge >= 0.3 is 5.97 Å². The number of carbonyl (C=O) groups is 2. The van der Waals surface area contributed by atoms with Crippen LogP contribution in [0.4, 0.5) is 0 Å². The first kappa shape index (κ1) is 16.6. The van der Waals surface area contributed by atoms with Crippen molar-refractivity contribution in [1.82, 2.24) is 4.90 Å². The molecule has 1 aromatic rings. The second kappa shape index (κ2) is 7.11. The van der Waals surface area contributed by atoms with Crippen molar-refractivity contribution in [3.05, 3.63) is 23.8 Å². The number of carboxylic acids is 1. The Morgan fingerprint density at radius 2 is 2.00 bits per heavy atom. The van der Waals surface area contributed by atoms with E-state index in [4.69, 9.17) is 9.47 Å². The molecule has 6 heteroatoms. The molecule has 2 atom stereocenters. The summed E-state index contributed by atoms with van der Waals surface area (Å²) < 4.78 is 10.7. The van der Waals surface area contributed by atoms with E-state index in [0.29, 0.717) is 24.5 Å². The van der Waals surface area contributed by atoms with Gasteiger partial charge in [-0.3, -0.25) is 9.59 Å². The molecule has 0 spiro atoms. The first-order chi connectivity index (χ1) is 11.6. The lowest BCUT2D eigenvalue weighted by atomic mass is 9.89. The number of ether oxygens (including phenoxy) is 2. The van der Waals surface area contributed by atoms with Gasteiger partial charge in [-0.05, 0) is 24.1 Å². The summed E-state index contributed by atoms with van der Waals surface area (Å²) in [6, 6.07) is 5.52. The largest absolute Gasteiger partial charge is 0.481 e. The first-order valence-corrected chi connectivity index (χ1v) is 8.50. The summed E-state index contributed by atoms with van der Waals surface area (Å²) in [6.07, 6.45) is 3.44. The second-order valence-electron chi connectivity index (χ2n) is 6.42. The van der Waals surface area contributed by atoms with E-state index in [2.05, 4.69) is 6.92 Å². The molecular weight excluding hydrogens is 310 g/mol. The Morgan fingerprint density at radius 1 is 1.21 bits per heavy atom. The van der Waals surface area contributed by atoms with Crippen LogP contribution in [-0.4, -0.2) is 41.8 Å². The zero-order chi connectivity index (χ0) is 17.1. The van der Waals surface area contributed by atoms with Crippen LogP contribution in [0.5, 0.6) is 11.5 Å². The molecule has 1 aromatic carbocycles. The molecule has 2 heterocycles. The fraction of sp³-hybridized carbons (Fsp3) is 0.556. The number of fused-ring (bicyclic) bond motifs is 1. The van der Waals surface area contributed by atoms with Gasteiger partial charge in [0.25, 0.3) is 0 Å². The van der Waals surface area contributed by atoms with Gasteiger partial charge in [0.2, 0.25) is 12.7 Å². The van der Waals surface area contributed by atoms with Crippen LogP contribution in [0.2, 0.25) is 0 Å². The van der Waals surface area contributed by atoms with E-state index in [1.165, 1.54) is 0 Å². The van der Waals surface area contributed by atoms with Gasteiger partial charge in [-0.1, -0.05) is 25.8 Å². The molecule has 1 saturated heterocycles. The van der Waals surface area contributed by atoms with Crippen molar-refractivity contribution < 1.29 is 24.2 Å². The third kappa shape index (κ3) is 3.32. The van der Waals surface area contributed by atoms with Crippen LogP contribution in [0, 0.1) is 5.92 Å². The van der Waals surface area contributed by atoms with Crippen LogP contribution in [0.25, 0.3) is 0 Å². The fourth-order valence-electron chi connectivity index (χ4n) is 3.42. The number of hydrogen-bond donors (Lipinski definition) is 1. The third-order valence-corrected chi connectivity index (χ3v) is 4.81. The maximum absolute atomic E-state index is 12.3. The minimum atomic E-state index is -0.860. The molecule has 1 amide bonds.